The van der Waals surface area contributed by atoms with E-state index in [-0.39, 0.29) is 5.91 Å². The molecular weight excluding hydrogens is 364 g/mol. The van der Waals surface area contributed by atoms with Gasteiger partial charge in [-0.15, -0.1) is 0 Å². The molecule has 1 aromatic heterocycles. The lowest BCUT2D eigenvalue weighted by Gasteiger charge is -2.36. The zero-order chi connectivity index (χ0) is 20.1. The van der Waals surface area contributed by atoms with Gasteiger partial charge < -0.3 is 19.1 Å². The quantitative estimate of drug-likeness (QED) is 0.648. The van der Waals surface area contributed by atoms with Crippen molar-refractivity contribution < 1.29 is 9.53 Å². The second-order valence-corrected chi connectivity index (χ2v) is 7.18. The van der Waals surface area contributed by atoms with Crippen molar-refractivity contribution >= 4 is 11.6 Å². The maximum atomic E-state index is 12.6. The molecule has 0 spiro atoms. The maximum absolute atomic E-state index is 12.6. The zero-order valence-electron chi connectivity index (χ0n) is 16.7. The van der Waals surface area contributed by atoms with Crippen LogP contribution in [0.2, 0.25) is 0 Å². The summed E-state index contributed by atoms with van der Waals surface area (Å²) in [6.45, 7) is 3.86. The summed E-state index contributed by atoms with van der Waals surface area (Å²) in [5.41, 5.74) is 3.20. The van der Waals surface area contributed by atoms with Gasteiger partial charge in [0, 0.05) is 56.6 Å². The van der Waals surface area contributed by atoms with Crippen molar-refractivity contribution in [2.24, 2.45) is 0 Å². The van der Waals surface area contributed by atoms with Crippen molar-refractivity contribution in [2.45, 2.75) is 13.0 Å². The van der Waals surface area contributed by atoms with Crippen LogP contribution in [0.3, 0.4) is 0 Å². The third-order valence-corrected chi connectivity index (χ3v) is 5.36. The Kier molecular flexibility index (Phi) is 5.79. The van der Waals surface area contributed by atoms with Gasteiger partial charge in [0.2, 0.25) is 5.91 Å². The van der Waals surface area contributed by atoms with Crippen LogP contribution in [0.25, 0.3) is 11.3 Å². The molecule has 2 aromatic carbocycles. The topological polar surface area (TPSA) is 50.6 Å². The first-order chi connectivity index (χ1) is 14.2. The van der Waals surface area contributed by atoms with Crippen molar-refractivity contribution in [3.63, 3.8) is 0 Å². The number of benzene rings is 2. The number of hydrogen-bond donors (Lipinski definition) is 0. The van der Waals surface area contributed by atoms with Crippen LogP contribution in [0.5, 0.6) is 5.75 Å². The second kappa shape index (κ2) is 8.82. The van der Waals surface area contributed by atoms with E-state index in [0.717, 1.165) is 43.2 Å². The molecular formula is C23H26N4O2. The lowest BCUT2D eigenvalue weighted by Crippen LogP contribution is -2.48. The standard InChI is InChI=1S/C23H26N4O2/c1-29-21-9-7-20(8-10-21)26-13-15-27(16-14-26)23(28)11-12-25-17-22(24-18-25)19-5-3-2-4-6-19/h2-10,17-18H,11-16H2,1H3. The molecule has 0 aliphatic carbocycles. The summed E-state index contributed by atoms with van der Waals surface area (Å²) < 4.78 is 7.21. The van der Waals surface area contributed by atoms with Crippen LogP contribution in [0.1, 0.15) is 6.42 Å². The van der Waals surface area contributed by atoms with Gasteiger partial charge in [-0.25, -0.2) is 4.98 Å². The molecule has 0 saturated carbocycles. The summed E-state index contributed by atoms with van der Waals surface area (Å²) in [5.74, 6) is 1.06. The number of piperazine rings is 1. The highest BCUT2D eigenvalue weighted by Gasteiger charge is 2.21. The highest BCUT2D eigenvalue weighted by atomic mass is 16.5. The lowest BCUT2D eigenvalue weighted by atomic mass is 10.2. The first-order valence-corrected chi connectivity index (χ1v) is 9.97. The fraction of sp³-hybridized carbons (Fsp3) is 0.304. The van der Waals surface area contributed by atoms with Gasteiger partial charge in [0.15, 0.2) is 0 Å². The average Bonchev–Trinajstić information content (AvgIpc) is 3.27. The van der Waals surface area contributed by atoms with Crippen molar-refractivity contribution in [2.75, 3.05) is 38.2 Å². The number of aromatic nitrogens is 2. The Hall–Kier alpha value is -3.28. The van der Waals surface area contributed by atoms with Crippen LogP contribution in [0, 0.1) is 0 Å². The molecule has 1 amide bonds. The van der Waals surface area contributed by atoms with E-state index in [4.69, 9.17) is 4.74 Å². The molecule has 4 rings (SSSR count). The predicted molar refractivity (Wildman–Crippen MR) is 114 cm³/mol. The SMILES string of the molecule is COc1ccc(N2CCN(C(=O)CCn3cnc(-c4ccccc4)c3)CC2)cc1. The summed E-state index contributed by atoms with van der Waals surface area (Å²) in [7, 11) is 1.67. The average molecular weight is 390 g/mol. The van der Waals surface area contributed by atoms with Crippen LogP contribution >= 0.6 is 0 Å². The maximum Gasteiger partial charge on any atom is 0.224 e. The Morgan fingerprint density at radius 1 is 1.00 bits per heavy atom. The summed E-state index contributed by atoms with van der Waals surface area (Å²) in [6.07, 6.45) is 4.30. The normalized spacial score (nSPS) is 14.1. The minimum Gasteiger partial charge on any atom is -0.497 e. The number of anilines is 1. The molecule has 1 aliphatic rings. The van der Waals surface area contributed by atoms with Crippen molar-refractivity contribution in [1.29, 1.82) is 0 Å². The summed E-state index contributed by atoms with van der Waals surface area (Å²) in [4.78, 5) is 21.4. The van der Waals surface area contributed by atoms with Gasteiger partial charge in [0.1, 0.15) is 5.75 Å². The Morgan fingerprint density at radius 2 is 1.72 bits per heavy atom. The minimum absolute atomic E-state index is 0.203. The second-order valence-electron chi connectivity index (χ2n) is 7.18. The molecule has 2 heterocycles. The Labute approximate surface area is 171 Å². The summed E-state index contributed by atoms with van der Waals surface area (Å²) in [6, 6.07) is 18.2. The predicted octanol–water partition coefficient (Wildman–Crippen LogP) is 3.30. The van der Waals surface area contributed by atoms with Crippen LogP contribution in [0.15, 0.2) is 67.1 Å². The number of rotatable bonds is 6. The summed E-state index contributed by atoms with van der Waals surface area (Å²) >= 11 is 0. The molecule has 0 unspecified atom stereocenters. The zero-order valence-corrected chi connectivity index (χ0v) is 16.7. The van der Waals surface area contributed by atoms with E-state index in [0.29, 0.717) is 13.0 Å². The van der Waals surface area contributed by atoms with E-state index in [2.05, 4.69) is 22.0 Å². The monoisotopic (exact) mass is 390 g/mol. The van der Waals surface area contributed by atoms with Gasteiger partial charge in [0.25, 0.3) is 0 Å². The van der Waals surface area contributed by atoms with Crippen LogP contribution in [0.4, 0.5) is 5.69 Å². The highest BCUT2D eigenvalue weighted by Crippen LogP contribution is 2.21. The number of aryl methyl sites for hydroxylation is 1. The third-order valence-electron chi connectivity index (χ3n) is 5.36. The molecule has 1 aliphatic heterocycles. The number of carbonyl (C=O) groups is 1. The minimum atomic E-state index is 0.203. The van der Waals surface area contributed by atoms with E-state index in [9.17, 15) is 4.79 Å². The van der Waals surface area contributed by atoms with Gasteiger partial charge >= 0.3 is 0 Å². The number of carbonyl (C=O) groups excluding carboxylic acids is 1. The Morgan fingerprint density at radius 3 is 2.41 bits per heavy atom. The highest BCUT2D eigenvalue weighted by molar-refractivity contribution is 5.76. The van der Waals surface area contributed by atoms with E-state index in [1.165, 1.54) is 5.69 Å². The fourth-order valence-corrected chi connectivity index (χ4v) is 3.63. The van der Waals surface area contributed by atoms with Gasteiger partial charge in [-0.3, -0.25) is 4.79 Å². The Bertz CT molecular complexity index is 929. The van der Waals surface area contributed by atoms with Gasteiger partial charge in [-0.2, -0.15) is 0 Å². The number of hydrogen-bond acceptors (Lipinski definition) is 4. The van der Waals surface area contributed by atoms with Gasteiger partial charge in [-0.05, 0) is 24.3 Å². The first kappa shape index (κ1) is 19.1. The smallest absolute Gasteiger partial charge is 0.224 e. The van der Waals surface area contributed by atoms with Crippen LogP contribution in [-0.2, 0) is 11.3 Å². The molecule has 1 saturated heterocycles. The number of methoxy groups -OCH3 is 1. The molecule has 150 valence electrons. The van der Waals surface area contributed by atoms with E-state index >= 15 is 0 Å². The fourth-order valence-electron chi connectivity index (χ4n) is 3.63. The van der Waals surface area contributed by atoms with Gasteiger partial charge in [0.05, 0.1) is 19.1 Å². The number of ether oxygens (including phenoxy) is 1. The van der Waals surface area contributed by atoms with E-state index in [1.54, 1.807) is 13.4 Å². The number of amides is 1. The molecule has 3 aromatic rings. The van der Waals surface area contributed by atoms with E-state index < -0.39 is 0 Å². The third kappa shape index (κ3) is 4.59. The Balaban J connectivity index is 1.26. The van der Waals surface area contributed by atoms with Crippen LogP contribution in [-0.4, -0.2) is 53.6 Å². The molecule has 0 radical (unpaired) electrons. The lowest BCUT2D eigenvalue weighted by molar-refractivity contribution is -0.131. The van der Waals surface area contributed by atoms with Crippen molar-refractivity contribution in [3.05, 3.63) is 67.1 Å². The van der Waals surface area contributed by atoms with E-state index in [1.807, 2.05) is 58.1 Å². The van der Waals surface area contributed by atoms with Gasteiger partial charge in [-0.1, -0.05) is 30.3 Å². The number of nitrogens with zero attached hydrogens (tertiary/aromatic N) is 4. The molecule has 0 atom stereocenters. The molecule has 6 nitrogen and oxygen atoms in total. The van der Waals surface area contributed by atoms with Crippen molar-refractivity contribution in [1.82, 2.24) is 14.5 Å². The number of imidazole rings is 1. The van der Waals surface area contributed by atoms with Crippen molar-refractivity contribution in [3.8, 4) is 17.0 Å². The molecule has 1 fully saturated rings. The van der Waals surface area contributed by atoms with Crippen LogP contribution < -0.4 is 9.64 Å². The molecule has 0 N–H and O–H groups in total. The summed E-state index contributed by atoms with van der Waals surface area (Å²) in [5, 5.41) is 0. The molecule has 29 heavy (non-hydrogen) atoms. The largest absolute Gasteiger partial charge is 0.497 e. The molecule has 6 heteroatoms. The molecule has 0 bridgehead atoms. The first-order valence-electron chi connectivity index (χ1n) is 9.97.